The minimum Gasteiger partial charge on any atom is -0.334 e. The van der Waals surface area contributed by atoms with Gasteiger partial charge in [0.2, 0.25) is 6.43 Å². The molecule has 2 rings (SSSR count). The number of carbonyl (C=O) groups is 1. The number of hydrogen-bond acceptors (Lipinski definition) is 3. The molecule has 0 aliphatic heterocycles. The van der Waals surface area contributed by atoms with Gasteiger partial charge in [-0.1, -0.05) is 6.07 Å². The highest BCUT2D eigenvalue weighted by atomic mass is 32.2. The SMILES string of the molecule is O=C(NCc1cccnc1)Nc1cc(F)ccc1SCC(F)F. The molecule has 2 amide bonds. The summed E-state index contributed by atoms with van der Waals surface area (Å²) in [6.45, 7) is 0.245. The van der Waals surface area contributed by atoms with Crippen LogP contribution in [-0.2, 0) is 6.54 Å². The van der Waals surface area contributed by atoms with E-state index in [4.69, 9.17) is 0 Å². The lowest BCUT2D eigenvalue weighted by Crippen LogP contribution is -2.28. The van der Waals surface area contributed by atoms with Gasteiger partial charge in [-0.25, -0.2) is 18.0 Å². The van der Waals surface area contributed by atoms with Gasteiger partial charge in [-0.2, -0.15) is 0 Å². The molecule has 0 saturated heterocycles. The van der Waals surface area contributed by atoms with Crippen molar-refractivity contribution in [1.29, 1.82) is 0 Å². The molecule has 8 heteroatoms. The zero-order valence-electron chi connectivity index (χ0n) is 11.9. The Morgan fingerprint density at radius 3 is 2.83 bits per heavy atom. The minimum atomic E-state index is -2.49. The van der Waals surface area contributed by atoms with Crippen molar-refractivity contribution in [3.05, 3.63) is 54.1 Å². The summed E-state index contributed by atoms with van der Waals surface area (Å²) in [5.74, 6) is -0.994. The molecule has 0 bridgehead atoms. The number of nitrogens with one attached hydrogen (secondary N) is 2. The van der Waals surface area contributed by atoms with Crippen LogP contribution in [0.15, 0.2) is 47.6 Å². The van der Waals surface area contributed by atoms with Gasteiger partial charge >= 0.3 is 6.03 Å². The molecule has 23 heavy (non-hydrogen) atoms. The second kappa shape index (κ2) is 8.42. The summed E-state index contributed by atoms with van der Waals surface area (Å²) in [6, 6.07) is 6.58. The summed E-state index contributed by atoms with van der Waals surface area (Å²) in [5, 5.41) is 5.06. The van der Waals surface area contributed by atoms with Crippen molar-refractivity contribution < 1.29 is 18.0 Å². The van der Waals surface area contributed by atoms with E-state index >= 15 is 0 Å². The fourth-order valence-electron chi connectivity index (χ4n) is 1.73. The monoisotopic (exact) mass is 341 g/mol. The van der Waals surface area contributed by atoms with E-state index in [1.807, 2.05) is 0 Å². The van der Waals surface area contributed by atoms with Crippen molar-refractivity contribution in [2.75, 3.05) is 11.1 Å². The number of benzene rings is 1. The summed E-state index contributed by atoms with van der Waals surface area (Å²) in [7, 11) is 0. The van der Waals surface area contributed by atoms with E-state index in [9.17, 15) is 18.0 Å². The van der Waals surface area contributed by atoms with Gasteiger partial charge in [-0.3, -0.25) is 4.98 Å². The average molecular weight is 341 g/mol. The zero-order valence-corrected chi connectivity index (χ0v) is 12.7. The quantitative estimate of drug-likeness (QED) is 0.784. The van der Waals surface area contributed by atoms with Crippen molar-refractivity contribution in [2.24, 2.45) is 0 Å². The molecule has 0 aliphatic carbocycles. The molecule has 4 nitrogen and oxygen atoms in total. The molecule has 1 heterocycles. The topological polar surface area (TPSA) is 54.0 Å². The predicted molar refractivity (Wildman–Crippen MR) is 83.2 cm³/mol. The van der Waals surface area contributed by atoms with Crippen LogP contribution in [-0.4, -0.2) is 23.2 Å². The predicted octanol–water partition coefficient (Wildman–Crippen LogP) is 3.90. The Balaban J connectivity index is 1.97. The van der Waals surface area contributed by atoms with E-state index in [1.54, 1.807) is 24.5 Å². The fraction of sp³-hybridized carbons (Fsp3) is 0.200. The van der Waals surface area contributed by atoms with Gasteiger partial charge in [0.05, 0.1) is 11.4 Å². The van der Waals surface area contributed by atoms with Crippen molar-refractivity contribution >= 4 is 23.5 Å². The first-order chi connectivity index (χ1) is 11.0. The van der Waals surface area contributed by atoms with Gasteiger partial charge in [0.25, 0.3) is 0 Å². The number of nitrogens with zero attached hydrogens (tertiary/aromatic N) is 1. The largest absolute Gasteiger partial charge is 0.334 e. The zero-order chi connectivity index (χ0) is 16.7. The maximum atomic E-state index is 13.3. The van der Waals surface area contributed by atoms with Crippen LogP contribution in [0.25, 0.3) is 0 Å². The lowest BCUT2D eigenvalue weighted by molar-refractivity contribution is 0.177. The molecular formula is C15H14F3N3OS. The molecule has 0 radical (unpaired) electrons. The molecule has 2 aromatic rings. The number of anilines is 1. The summed E-state index contributed by atoms with van der Waals surface area (Å²) in [6.07, 6.45) is 0.729. The Morgan fingerprint density at radius 1 is 1.30 bits per heavy atom. The highest BCUT2D eigenvalue weighted by molar-refractivity contribution is 7.99. The second-order valence-electron chi connectivity index (χ2n) is 4.51. The van der Waals surface area contributed by atoms with Crippen LogP contribution in [0.5, 0.6) is 0 Å². The highest BCUT2D eigenvalue weighted by Crippen LogP contribution is 2.29. The number of halogens is 3. The minimum absolute atomic E-state index is 0.152. The molecule has 1 aromatic heterocycles. The number of thioether (sulfide) groups is 1. The van der Waals surface area contributed by atoms with Gasteiger partial charge in [0, 0.05) is 23.8 Å². The second-order valence-corrected chi connectivity index (χ2v) is 5.57. The summed E-state index contributed by atoms with van der Waals surface area (Å²) < 4.78 is 37.9. The number of pyridine rings is 1. The van der Waals surface area contributed by atoms with E-state index in [1.165, 1.54) is 6.07 Å². The number of amides is 2. The Bertz CT molecular complexity index is 656. The number of hydrogen-bond donors (Lipinski definition) is 2. The molecule has 0 saturated carbocycles. The third-order valence-electron chi connectivity index (χ3n) is 2.73. The maximum Gasteiger partial charge on any atom is 0.319 e. The summed E-state index contributed by atoms with van der Waals surface area (Å²) >= 11 is 0.851. The maximum absolute atomic E-state index is 13.3. The van der Waals surface area contributed by atoms with Crippen LogP contribution in [0, 0.1) is 5.82 Å². The van der Waals surface area contributed by atoms with E-state index < -0.39 is 24.0 Å². The first-order valence-electron chi connectivity index (χ1n) is 6.69. The van der Waals surface area contributed by atoms with Crippen molar-refractivity contribution in [1.82, 2.24) is 10.3 Å². The van der Waals surface area contributed by atoms with Crippen molar-refractivity contribution in [3.63, 3.8) is 0 Å². The number of alkyl halides is 2. The van der Waals surface area contributed by atoms with Crippen LogP contribution >= 0.6 is 11.8 Å². The lowest BCUT2D eigenvalue weighted by Gasteiger charge is -2.12. The Labute approximate surface area is 135 Å². The van der Waals surface area contributed by atoms with Gasteiger partial charge in [0.15, 0.2) is 0 Å². The number of aromatic nitrogens is 1. The molecule has 122 valence electrons. The van der Waals surface area contributed by atoms with Gasteiger partial charge in [-0.05, 0) is 29.8 Å². The number of carbonyl (C=O) groups excluding carboxylic acids is 1. The molecule has 0 fully saturated rings. The Morgan fingerprint density at radius 2 is 2.13 bits per heavy atom. The molecule has 2 N–H and O–H groups in total. The molecule has 0 aliphatic rings. The van der Waals surface area contributed by atoms with Crippen molar-refractivity contribution in [2.45, 2.75) is 17.9 Å². The standard InChI is InChI=1S/C15H14F3N3OS/c16-11-3-4-13(23-9-14(17)18)12(6-11)21-15(22)20-8-10-2-1-5-19-7-10/h1-7,14H,8-9H2,(H2,20,21,22). The van der Waals surface area contributed by atoms with E-state index in [0.29, 0.717) is 4.90 Å². The van der Waals surface area contributed by atoms with Gasteiger partial charge < -0.3 is 10.6 Å². The van der Waals surface area contributed by atoms with Crippen LogP contribution in [0.3, 0.4) is 0 Å². The summed E-state index contributed by atoms with van der Waals surface area (Å²) in [4.78, 5) is 16.2. The van der Waals surface area contributed by atoms with Crippen molar-refractivity contribution in [3.8, 4) is 0 Å². The van der Waals surface area contributed by atoms with E-state index in [-0.39, 0.29) is 12.2 Å². The average Bonchev–Trinajstić information content (AvgIpc) is 2.53. The van der Waals surface area contributed by atoms with Gasteiger partial charge in [-0.15, -0.1) is 11.8 Å². The smallest absolute Gasteiger partial charge is 0.319 e. The molecule has 0 atom stereocenters. The van der Waals surface area contributed by atoms with Crippen LogP contribution in [0.2, 0.25) is 0 Å². The first-order valence-corrected chi connectivity index (χ1v) is 7.67. The summed E-state index contributed by atoms with van der Waals surface area (Å²) in [5.41, 5.74) is 0.952. The van der Waals surface area contributed by atoms with E-state index in [2.05, 4.69) is 15.6 Å². The molecular weight excluding hydrogens is 327 g/mol. The van der Waals surface area contributed by atoms with Crippen LogP contribution < -0.4 is 10.6 Å². The molecule has 0 unspecified atom stereocenters. The lowest BCUT2D eigenvalue weighted by atomic mass is 10.3. The Kier molecular flexibility index (Phi) is 6.28. The normalized spacial score (nSPS) is 10.6. The van der Waals surface area contributed by atoms with Gasteiger partial charge in [0.1, 0.15) is 5.82 Å². The molecule has 0 spiro atoms. The van der Waals surface area contributed by atoms with E-state index in [0.717, 1.165) is 29.5 Å². The highest BCUT2D eigenvalue weighted by Gasteiger charge is 2.11. The van der Waals surface area contributed by atoms with Crippen LogP contribution in [0.1, 0.15) is 5.56 Å². The third-order valence-corrected chi connectivity index (χ3v) is 3.82. The van der Waals surface area contributed by atoms with Crippen LogP contribution in [0.4, 0.5) is 23.7 Å². The first kappa shape index (κ1) is 17.1. The third kappa shape index (κ3) is 5.82. The number of urea groups is 1. The number of rotatable bonds is 6. The Hall–Kier alpha value is -2.22. The molecule has 1 aromatic carbocycles. The fourth-order valence-corrected chi connectivity index (χ4v) is 2.47.